The average molecular weight is 499 g/mol. The number of aryl methyl sites for hydroxylation is 1. The lowest BCUT2D eigenvalue weighted by Gasteiger charge is -2.25. The SMILES string of the molecule is COc1ccccc1C(=O)NC(CCSC)C(=O)N(C)CCCc1cc(-c2ccc(F)cc2)n[nH]1. The molecule has 3 aromatic rings. The van der Waals surface area contributed by atoms with Gasteiger partial charge in [0.2, 0.25) is 5.91 Å². The van der Waals surface area contributed by atoms with Crippen LogP contribution in [-0.4, -0.2) is 65.7 Å². The van der Waals surface area contributed by atoms with Crippen molar-refractivity contribution < 1.29 is 18.7 Å². The predicted molar refractivity (Wildman–Crippen MR) is 137 cm³/mol. The van der Waals surface area contributed by atoms with Gasteiger partial charge in [0.05, 0.1) is 18.4 Å². The van der Waals surface area contributed by atoms with Crippen LogP contribution in [0.4, 0.5) is 4.39 Å². The minimum atomic E-state index is -0.623. The zero-order valence-corrected chi connectivity index (χ0v) is 21.0. The van der Waals surface area contributed by atoms with E-state index in [1.165, 1.54) is 19.2 Å². The van der Waals surface area contributed by atoms with Crippen molar-refractivity contribution >= 4 is 23.6 Å². The summed E-state index contributed by atoms with van der Waals surface area (Å²) in [6.07, 6.45) is 3.93. The number of rotatable bonds is 12. The van der Waals surface area contributed by atoms with Gasteiger partial charge < -0.3 is 15.0 Å². The van der Waals surface area contributed by atoms with Gasteiger partial charge in [-0.25, -0.2) is 4.39 Å². The van der Waals surface area contributed by atoms with Crippen LogP contribution in [0, 0.1) is 5.82 Å². The number of carbonyl (C=O) groups is 2. The summed E-state index contributed by atoms with van der Waals surface area (Å²) in [5, 5.41) is 10.2. The fourth-order valence-electron chi connectivity index (χ4n) is 3.70. The van der Waals surface area contributed by atoms with Crippen LogP contribution in [0.5, 0.6) is 5.75 Å². The number of nitrogens with one attached hydrogen (secondary N) is 2. The number of carbonyl (C=O) groups excluding carboxylic acids is 2. The number of aromatic amines is 1. The van der Waals surface area contributed by atoms with Crippen LogP contribution in [0.2, 0.25) is 0 Å². The number of ether oxygens (including phenoxy) is 1. The normalized spacial score (nSPS) is 11.7. The minimum absolute atomic E-state index is 0.126. The second-order valence-electron chi connectivity index (χ2n) is 8.16. The van der Waals surface area contributed by atoms with Gasteiger partial charge in [-0.15, -0.1) is 0 Å². The predicted octanol–water partition coefficient (Wildman–Crippen LogP) is 4.17. The van der Waals surface area contributed by atoms with Gasteiger partial charge >= 0.3 is 0 Å². The zero-order valence-electron chi connectivity index (χ0n) is 20.2. The lowest BCUT2D eigenvalue weighted by molar-refractivity contribution is -0.132. The maximum Gasteiger partial charge on any atom is 0.255 e. The summed E-state index contributed by atoms with van der Waals surface area (Å²) in [6, 6.07) is 14.5. The maximum absolute atomic E-state index is 13.1. The first-order valence-electron chi connectivity index (χ1n) is 11.4. The van der Waals surface area contributed by atoms with Gasteiger partial charge in [0.25, 0.3) is 5.91 Å². The summed E-state index contributed by atoms with van der Waals surface area (Å²) in [4.78, 5) is 27.7. The molecular formula is C26H31FN4O3S. The Balaban J connectivity index is 1.56. The molecule has 0 spiro atoms. The molecule has 0 bridgehead atoms. The highest BCUT2D eigenvalue weighted by atomic mass is 32.2. The molecule has 0 aliphatic carbocycles. The summed E-state index contributed by atoms with van der Waals surface area (Å²) in [7, 11) is 3.26. The van der Waals surface area contributed by atoms with E-state index in [0.717, 1.165) is 29.1 Å². The number of hydrogen-bond acceptors (Lipinski definition) is 5. The van der Waals surface area contributed by atoms with Crippen LogP contribution in [0.25, 0.3) is 11.3 Å². The Morgan fingerprint density at radius 3 is 2.66 bits per heavy atom. The van der Waals surface area contributed by atoms with Gasteiger partial charge in [-0.3, -0.25) is 14.7 Å². The van der Waals surface area contributed by atoms with Crippen LogP contribution in [0.3, 0.4) is 0 Å². The van der Waals surface area contributed by atoms with E-state index in [0.29, 0.717) is 30.7 Å². The molecule has 1 aromatic heterocycles. The smallest absolute Gasteiger partial charge is 0.255 e. The summed E-state index contributed by atoms with van der Waals surface area (Å²) in [5.74, 6) is 0.470. The second kappa shape index (κ2) is 12.9. The molecule has 0 aliphatic rings. The lowest BCUT2D eigenvalue weighted by Crippen LogP contribution is -2.48. The third kappa shape index (κ3) is 7.32. The third-order valence-electron chi connectivity index (χ3n) is 5.65. The number of likely N-dealkylation sites (N-methyl/N-ethyl adjacent to an activating group) is 1. The number of para-hydroxylation sites is 1. The number of thioether (sulfide) groups is 1. The van der Waals surface area contributed by atoms with Crippen LogP contribution >= 0.6 is 11.8 Å². The molecule has 1 unspecified atom stereocenters. The molecule has 0 saturated carbocycles. The van der Waals surface area contributed by atoms with E-state index in [2.05, 4.69) is 15.5 Å². The Kier molecular flexibility index (Phi) is 9.72. The minimum Gasteiger partial charge on any atom is -0.496 e. The molecule has 2 amide bonds. The molecule has 35 heavy (non-hydrogen) atoms. The highest BCUT2D eigenvalue weighted by Gasteiger charge is 2.25. The third-order valence-corrected chi connectivity index (χ3v) is 6.30. The van der Waals surface area contributed by atoms with E-state index >= 15 is 0 Å². The molecule has 1 atom stereocenters. The standard InChI is InChI=1S/C26H31FN4O3S/c1-31(15-6-7-20-17-23(30-29-20)18-10-12-19(27)13-11-18)26(33)22(14-16-35-3)28-25(32)21-8-4-5-9-24(21)34-2/h4-5,8-13,17,22H,6-7,14-16H2,1-3H3,(H,28,32)(H,29,30). The highest BCUT2D eigenvalue weighted by molar-refractivity contribution is 7.98. The van der Waals surface area contributed by atoms with E-state index in [1.54, 1.807) is 60.1 Å². The molecule has 0 radical (unpaired) electrons. The molecular weight excluding hydrogens is 467 g/mol. The number of hydrogen-bond donors (Lipinski definition) is 2. The number of H-pyrrole nitrogens is 1. The first-order valence-corrected chi connectivity index (χ1v) is 12.8. The van der Waals surface area contributed by atoms with Gasteiger partial charge in [-0.05, 0) is 73.7 Å². The molecule has 186 valence electrons. The van der Waals surface area contributed by atoms with Crippen molar-refractivity contribution in [1.82, 2.24) is 20.4 Å². The maximum atomic E-state index is 13.1. The Bertz CT molecular complexity index is 1120. The molecule has 9 heteroatoms. The topological polar surface area (TPSA) is 87.3 Å². The van der Waals surface area contributed by atoms with Gasteiger partial charge in [0, 0.05) is 24.8 Å². The fourth-order valence-corrected chi connectivity index (χ4v) is 4.17. The van der Waals surface area contributed by atoms with Crippen molar-refractivity contribution in [2.45, 2.75) is 25.3 Å². The molecule has 3 rings (SSSR count). The molecule has 2 aromatic carbocycles. The van der Waals surface area contributed by atoms with Crippen LogP contribution in [0.1, 0.15) is 28.9 Å². The largest absolute Gasteiger partial charge is 0.496 e. The van der Waals surface area contributed by atoms with Crippen LogP contribution in [0.15, 0.2) is 54.6 Å². The van der Waals surface area contributed by atoms with E-state index in [-0.39, 0.29) is 17.6 Å². The van der Waals surface area contributed by atoms with Crippen molar-refractivity contribution in [2.75, 3.05) is 32.7 Å². The Morgan fingerprint density at radius 2 is 1.94 bits per heavy atom. The number of methoxy groups -OCH3 is 1. The number of halogens is 1. The first kappa shape index (κ1) is 26.3. The van der Waals surface area contributed by atoms with Crippen molar-refractivity contribution in [3.05, 3.63) is 71.7 Å². The number of benzene rings is 2. The molecule has 0 saturated heterocycles. The monoisotopic (exact) mass is 498 g/mol. The summed E-state index contributed by atoms with van der Waals surface area (Å²) < 4.78 is 18.4. The van der Waals surface area contributed by atoms with Crippen LogP contribution < -0.4 is 10.1 Å². The van der Waals surface area contributed by atoms with Crippen molar-refractivity contribution in [1.29, 1.82) is 0 Å². The zero-order chi connectivity index (χ0) is 25.2. The molecule has 1 heterocycles. The number of aromatic nitrogens is 2. The lowest BCUT2D eigenvalue weighted by atomic mass is 10.1. The molecule has 0 fully saturated rings. The molecule has 0 aliphatic heterocycles. The van der Waals surface area contributed by atoms with Crippen LogP contribution in [-0.2, 0) is 11.2 Å². The van der Waals surface area contributed by atoms with E-state index in [9.17, 15) is 14.0 Å². The quantitative estimate of drug-likeness (QED) is 0.391. The Morgan fingerprint density at radius 1 is 1.20 bits per heavy atom. The molecule has 2 N–H and O–H groups in total. The highest BCUT2D eigenvalue weighted by Crippen LogP contribution is 2.19. The summed E-state index contributed by atoms with van der Waals surface area (Å²) in [5.41, 5.74) is 2.92. The van der Waals surface area contributed by atoms with E-state index in [4.69, 9.17) is 4.74 Å². The van der Waals surface area contributed by atoms with Crippen molar-refractivity contribution in [2.24, 2.45) is 0 Å². The van der Waals surface area contributed by atoms with Crippen molar-refractivity contribution in [3.63, 3.8) is 0 Å². The fraction of sp³-hybridized carbons (Fsp3) is 0.346. The summed E-state index contributed by atoms with van der Waals surface area (Å²) in [6.45, 7) is 0.532. The van der Waals surface area contributed by atoms with Gasteiger partial charge in [0.15, 0.2) is 0 Å². The van der Waals surface area contributed by atoms with Gasteiger partial charge in [-0.2, -0.15) is 16.9 Å². The number of amides is 2. The Hall–Kier alpha value is -3.33. The average Bonchev–Trinajstić information content (AvgIpc) is 3.35. The first-order chi connectivity index (χ1) is 16.9. The van der Waals surface area contributed by atoms with E-state index in [1.807, 2.05) is 12.3 Å². The van der Waals surface area contributed by atoms with E-state index < -0.39 is 6.04 Å². The summed E-state index contributed by atoms with van der Waals surface area (Å²) >= 11 is 1.63. The van der Waals surface area contributed by atoms with Crippen molar-refractivity contribution in [3.8, 4) is 17.0 Å². The van der Waals surface area contributed by atoms with Gasteiger partial charge in [0.1, 0.15) is 17.6 Å². The Labute approximate surface area is 209 Å². The molecule has 7 nitrogen and oxygen atoms in total. The van der Waals surface area contributed by atoms with Gasteiger partial charge in [-0.1, -0.05) is 12.1 Å². The number of nitrogens with zero attached hydrogens (tertiary/aromatic N) is 2. The second-order valence-corrected chi connectivity index (χ2v) is 9.14.